The summed E-state index contributed by atoms with van der Waals surface area (Å²) in [4.78, 5) is 16.7. The van der Waals surface area contributed by atoms with E-state index in [1.165, 1.54) is 0 Å². The molecule has 23 heavy (non-hydrogen) atoms. The highest BCUT2D eigenvalue weighted by molar-refractivity contribution is 6.33. The normalized spacial score (nSPS) is 12.7. The fourth-order valence-corrected chi connectivity index (χ4v) is 2.44. The minimum absolute atomic E-state index is 0.0745. The van der Waals surface area contributed by atoms with Crippen LogP contribution in [0, 0.1) is 0 Å². The molecule has 2 aromatic heterocycles. The molecule has 0 unspecified atom stereocenters. The number of pyridine rings is 1. The van der Waals surface area contributed by atoms with E-state index in [1.807, 2.05) is 0 Å². The van der Waals surface area contributed by atoms with Gasteiger partial charge in [-0.15, -0.1) is 0 Å². The molecule has 2 aromatic rings. The van der Waals surface area contributed by atoms with Crippen molar-refractivity contribution in [1.82, 2.24) is 14.7 Å². The summed E-state index contributed by atoms with van der Waals surface area (Å²) in [7, 11) is 0. The van der Waals surface area contributed by atoms with Gasteiger partial charge in [0.1, 0.15) is 5.69 Å². The van der Waals surface area contributed by atoms with Crippen LogP contribution in [0.15, 0.2) is 12.3 Å². The molecule has 2 heterocycles. The zero-order valence-electron chi connectivity index (χ0n) is 13.2. The van der Waals surface area contributed by atoms with Gasteiger partial charge < -0.3 is 5.32 Å². The summed E-state index contributed by atoms with van der Waals surface area (Å²) in [6.07, 6.45) is -3.32. The predicted octanol–water partition coefficient (Wildman–Crippen LogP) is 4.10. The van der Waals surface area contributed by atoms with Crippen molar-refractivity contribution in [2.45, 2.75) is 45.8 Å². The number of aromatic nitrogens is 2. The lowest BCUT2D eigenvalue weighted by Gasteiger charge is -2.20. The first-order chi connectivity index (χ1) is 10.4. The van der Waals surface area contributed by atoms with Gasteiger partial charge in [0, 0.05) is 11.7 Å². The molecule has 0 aromatic carbocycles. The summed E-state index contributed by atoms with van der Waals surface area (Å²) in [5, 5.41) is 2.59. The monoisotopic (exact) mass is 347 g/mol. The number of alkyl halides is 3. The van der Waals surface area contributed by atoms with E-state index < -0.39 is 23.2 Å². The van der Waals surface area contributed by atoms with Gasteiger partial charge in [0.2, 0.25) is 0 Å². The Morgan fingerprint density at radius 2 is 1.96 bits per heavy atom. The molecule has 8 heteroatoms. The van der Waals surface area contributed by atoms with Crippen molar-refractivity contribution in [2.75, 3.05) is 0 Å². The molecule has 0 spiro atoms. The molecule has 0 saturated heterocycles. The van der Waals surface area contributed by atoms with Crippen LogP contribution in [0.3, 0.4) is 0 Å². The number of imidazole rings is 1. The maximum Gasteiger partial charge on any atom is 0.417 e. The van der Waals surface area contributed by atoms with Crippen molar-refractivity contribution in [1.29, 1.82) is 0 Å². The van der Waals surface area contributed by atoms with Crippen LogP contribution in [0.4, 0.5) is 13.2 Å². The quantitative estimate of drug-likeness (QED) is 0.889. The van der Waals surface area contributed by atoms with Gasteiger partial charge in [-0.1, -0.05) is 18.5 Å². The molecule has 0 saturated carbocycles. The third kappa shape index (κ3) is 3.60. The molecule has 4 nitrogen and oxygen atoms in total. The number of nitrogens with one attached hydrogen (secondary N) is 1. The second-order valence-electron chi connectivity index (χ2n) is 6.23. The van der Waals surface area contributed by atoms with Gasteiger partial charge in [-0.2, -0.15) is 13.2 Å². The highest BCUT2D eigenvalue weighted by atomic mass is 35.5. The highest BCUT2D eigenvalue weighted by Gasteiger charge is 2.33. The second kappa shape index (κ2) is 5.70. The molecular formula is C15H17ClF3N3O. The van der Waals surface area contributed by atoms with Gasteiger partial charge in [-0.05, 0) is 33.3 Å². The second-order valence-corrected chi connectivity index (χ2v) is 6.64. The lowest BCUT2D eigenvalue weighted by molar-refractivity contribution is -0.137. The van der Waals surface area contributed by atoms with Gasteiger partial charge in [-0.3, -0.25) is 9.20 Å². The summed E-state index contributed by atoms with van der Waals surface area (Å²) >= 11 is 5.93. The van der Waals surface area contributed by atoms with Gasteiger partial charge in [-0.25, -0.2) is 4.98 Å². The number of amides is 1. The van der Waals surface area contributed by atoms with Crippen LogP contribution >= 0.6 is 11.6 Å². The van der Waals surface area contributed by atoms with Crippen molar-refractivity contribution in [3.05, 3.63) is 34.2 Å². The van der Waals surface area contributed by atoms with Crippen LogP contribution in [0.25, 0.3) is 5.65 Å². The number of halogens is 4. The molecule has 0 atom stereocenters. The Balaban J connectivity index is 2.71. The zero-order chi connectivity index (χ0) is 17.6. The van der Waals surface area contributed by atoms with Gasteiger partial charge in [0.15, 0.2) is 5.65 Å². The van der Waals surface area contributed by atoms with Crippen LogP contribution in [0.1, 0.15) is 49.4 Å². The first-order valence-electron chi connectivity index (χ1n) is 7.04. The number of fused-ring (bicyclic) bond motifs is 1. The SMILES string of the molecule is CCc1nc2c(Cl)cc(C(F)(F)F)cn2c1C(=O)NC(C)(C)C. The Bertz CT molecular complexity index is 760. The van der Waals surface area contributed by atoms with Crippen LogP contribution < -0.4 is 5.32 Å². The number of rotatable bonds is 2. The van der Waals surface area contributed by atoms with Crippen molar-refractivity contribution < 1.29 is 18.0 Å². The van der Waals surface area contributed by atoms with E-state index in [-0.39, 0.29) is 16.4 Å². The Morgan fingerprint density at radius 1 is 1.35 bits per heavy atom. The largest absolute Gasteiger partial charge is 0.417 e. The van der Waals surface area contributed by atoms with Crippen molar-refractivity contribution in [3.63, 3.8) is 0 Å². The Labute approximate surface area is 136 Å². The fraction of sp³-hybridized carbons (Fsp3) is 0.467. The number of carbonyl (C=O) groups excluding carboxylic acids is 1. The molecule has 0 radical (unpaired) electrons. The summed E-state index contributed by atoms with van der Waals surface area (Å²) < 4.78 is 40.1. The Hall–Kier alpha value is -1.76. The number of hydrogen-bond donors (Lipinski definition) is 1. The van der Waals surface area contributed by atoms with Crippen molar-refractivity contribution in [3.8, 4) is 0 Å². The molecule has 2 rings (SSSR count). The molecule has 1 amide bonds. The molecule has 0 fully saturated rings. The van der Waals surface area contributed by atoms with Gasteiger partial charge in [0.25, 0.3) is 5.91 Å². The van der Waals surface area contributed by atoms with Crippen molar-refractivity contribution in [2.24, 2.45) is 0 Å². The zero-order valence-corrected chi connectivity index (χ0v) is 13.9. The summed E-state index contributed by atoms with van der Waals surface area (Å²) in [5.41, 5.74) is -0.855. The third-order valence-electron chi connectivity index (χ3n) is 3.11. The standard InChI is InChI=1S/C15H17ClF3N3O/c1-5-10-11(13(23)21-14(2,3)4)22-7-8(15(17,18)19)6-9(16)12(22)20-10/h6-7H,5H2,1-4H3,(H,21,23). The molecule has 0 aliphatic heterocycles. The Kier molecular flexibility index (Phi) is 4.36. The molecule has 0 aliphatic carbocycles. The lowest BCUT2D eigenvalue weighted by Crippen LogP contribution is -2.41. The number of hydrogen-bond acceptors (Lipinski definition) is 2. The number of aryl methyl sites for hydroxylation is 1. The number of nitrogens with zero attached hydrogens (tertiary/aromatic N) is 2. The molecular weight excluding hydrogens is 331 g/mol. The summed E-state index contributed by atoms with van der Waals surface area (Å²) in [6.45, 7) is 7.13. The summed E-state index contributed by atoms with van der Waals surface area (Å²) in [6, 6.07) is 0.814. The van der Waals surface area contributed by atoms with E-state index in [2.05, 4.69) is 10.3 Å². The van der Waals surface area contributed by atoms with E-state index in [4.69, 9.17) is 11.6 Å². The molecule has 126 valence electrons. The third-order valence-corrected chi connectivity index (χ3v) is 3.39. The molecule has 1 N–H and O–H groups in total. The first kappa shape index (κ1) is 17.6. The lowest BCUT2D eigenvalue weighted by atomic mass is 10.1. The molecule has 0 bridgehead atoms. The van der Waals surface area contributed by atoms with Crippen LogP contribution in [0.5, 0.6) is 0 Å². The summed E-state index contributed by atoms with van der Waals surface area (Å²) in [5.74, 6) is -0.489. The predicted molar refractivity (Wildman–Crippen MR) is 81.8 cm³/mol. The molecule has 0 aliphatic rings. The minimum atomic E-state index is -4.56. The van der Waals surface area contributed by atoms with E-state index >= 15 is 0 Å². The van der Waals surface area contributed by atoms with Crippen LogP contribution in [0.2, 0.25) is 5.02 Å². The van der Waals surface area contributed by atoms with E-state index in [9.17, 15) is 18.0 Å². The average Bonchev–Trinajstić information content (AvgIpc) is 2.74. The minimum Gasteiger partial charge on any atom is -0.346 e. The van der Waals surface area contributed by atoms with Gasteiger partial charge >= 0.3 is 6.18 Å². The topological polar surface area (TPSA) is 46.4 Å². The van der Waals surface area contributed by atoms with E-state index in [0.717, 1.165) is 16.7 Å². The maximum atomic E-state index is 13.0. The van der Waals surface area contributed by atoms with Crippen molar-refractivity contribution >= 4 is 23.2 Å². The first-order valence-corrected chi connectivity index (χ1v) is 7.42. The highest BCUT2D eigenvalue weighted by Crippen LogP contribution is 2.33. The average molecular weight is 348 g/mol. The number of carbonyl (C=O) groups is 1. The van der Waals surface area contributed by atoms with E-state index in [0.29, 0.717) is 12.1 Å². The van der Waals surface area contributed by atoms with Crippen LogP contribution in [-0.2, 0) is 12.6 Å². The van der Waals surface area contributed by atoms with Crippen LogP contribution in [-0.4, -0.2) is 20.8 Å². The smallest absolute Gasteiger partial charge is 0.346 e. The van der Waals surface area contributed by atoms with Gasteiger partial charge in [0.05, 0.1) is 16.3 Å². The maximum absolute atomic E-state index is 13.0. The fourth-order valence-electron chi connectivity index (χ4n) is 2.19. The Morgan fingerprint density at radius 3 is 2.43 bits per heavy atom. The van der Waals surface area contributed by atoms with E-state index in [1.54, 1.807) is 27.7 Å².